The van der Waals surface area contributed by atoms with Gasteiger partial charge in [-0.3, -0.25) is 9.78 Å². The van der Waals surface area contributed by atoms with Gasteiger partial charge in [0.2, 0.25) is 0 Å². The third-order valence-electron chi connectivity index (χ3n) is 4.07. The average molecular weight is 317 g/mol. The Bertz CT molecular complexity index is 669. The van der Waals surface area contributed by atoms with E-state index in [1.807, 2.05) is 30.0 Å². The number of nitrogens with zero attached hydrogens (tertiary/aromatic N) is 3. The standard InChI is InChI=1S/C16H19N3O2S/c1-10-14(16(21)19-8-6-12(9-19)11(2)20)22-15(18-10)13-5-3-4-7-17-13/h3-5,7,11-12,20H,6,8-9H2,1-2H3. The predicted molar refractivity (Wildman–Crippen MR) is 85.8 cm³/mol. The van der Waals surface area contributed by atoms with Gasteiger partial charge in [-0.25, -0.2) is 4.98 Å². The predicted octanol–water partition coefficient (Wildman–Crippen LogP) is 2.36. The Morgan fingerprint density at radius 3 is 2.95 bits per heavy atom. The fraction of sp³-hybridized carbons (Fsp3) is 0.438. The first-order valence-electron chi connectivity index (χ1n) is 7.42. The molecule has 0 saturated carbocycles. The van der Waals surface area contributed by atoms with E-state index in [1.54, 1.807) is 13.1 Å². The molecule has 22 heavy (non-hydrogen) atoms. The molecule has 3 heterocycles. The number of rotatable bonds is 3. The minimum absolute atomic E-state index is 0.0142. The largest absolute Gasteiger partial charge is 0.393 e. The lowest BCUT2D eigenvalue weighted by atomic mass is 10.0. The molecule has 0 bridgehead atoms. The Balaban J connectivity index is 1.81. The van der Waals surface area contributed by atoms with Crippen LogP contribution in [0.1, 0.15) is 28.7 Å². The molecule has 1 aliphatic rings. The van der Waals surface area contributed by atoms with E-state index in [0.717, 1.165) is 22.8 Å². The van der Waals surface area contributed by atoms with Crippen LogP contribution in [0.4, 0.5) is 0 Å². The molecule has 0 radical (unpaired) electrons. The number of aliphatic hydroxyl groups excluding tert-OH is 1. The molecule has 1 fully saturated rings. The number of aromatic nitrogens is 2. The van der Waals surface area contributed by atoms with Crippen LogP contribution in [-0.2, 0) is 0 Å². The average Bonchev–Trinajstić information content (AvgIpc) is 3.14. The molecule has 1 N–H and O–H groups in total. The van der Waals surface area contributed by atoms with Crippen LogP contribution in [0, 0.1) is 12.8 Å². The minimum atomic E-state index is -0.371. The summed E-state index contributed by atoms with van der Waals surface area (Å²) in [6, 6.07) is 5.66. The molecule has 1 saturated heterocycles. The summed E-state index contributed by atoms with van der Waals surface area (Å²) in [6.45, 7) is 4.96. The zero-order chi connectivity index (χ0) is 15.7. The van der Waals surface area contributed by atoms with Gasteiger partial charge in [0.05, 0.1) is 17.5 Å². The highest BCUT2D eigenvalue weighted by atomic mass is 32.1. The van der Waals surface area contributed by atoms with Gasteiger partial charge >= 0.3 is 0 Å². The van der Waals surface area contributed by atoms with E-state index >= 15 is 0 Å². The number of thiazole rings is 1. The highest BCUT2D eigenvalue weighted by Crippen LogP contribution is 2.29. The summed E-state index contributed by atoms with van der Waals surface area (Å²) in [5, 5.41) is 10.4. The van der Waals surface area contributed by atoms with Crippen molar-refractivity contribution in [3.63, 3.8) is 0 Å². The van der Waals surface area contributed by atoms with Gasteiger partial charge in [-0.05, 0) is 32.4 Å². The van der Waals surface area contributed by atoms with Crippen molar-refractivity contribution in [2.45, 2.75) is 26.4 Å². The van der Waals surface area contributed by atoms with Crippen molar-refractivity contribution < 1.29 is 9.90 Å². The molecule has 2 aromatic heterocycles. The fourth-order valence-electron chi connectivity index (χ4n) is 2.70. The third-order valence-corrected chi connectivity index (χ3v) is 5.24. The van der Waals surface area contributed by atoms with Gasteiger partial charge < -0.3 is 10.0 Å². The van der Waals surface area contributed by atoms with Gasteiger partial charge in [0, 0.05) is 25.2 Å². The smallest absolute Gasteiger partial charge is 0.265 e. The van der Waals surface area contributed by atoms with Crippen LogP contribution < -0.4 is 0 Å². The minimum Gasteiger partial charge on any atom is -0.393 e. The zero-order valence-electron chi connectivity index (χ0n) is 12.7. The molecule has 5 nitrogen and oxygen atoms in total. The number of likely N-dealkylation sites (tertiary alicyclic amines) is 1. The maximum Gasteiger partial charge on any atom is 0.265 e. The highest BCUT2D eigenvalue weighted by molar-refractivity contribution is 7.17. The van der Waals surface area contributed by atoms with E-state index in [2.05, 4.69) is 9.97 Å². The summed E-state index contributed by atoms with van der Waals surface area (Å²) >= 11 is 1.39. The van der Waals surface area contributed by atoms with Gasteiger partial charge in [-0.2, -0.15) is 0 Å². The van der Waals surface area contributed by atoms with Crippen LogP contribution in [0.2, 0.25) is 0 Å². The number of carbonyl (C=O) groups is 1. The van der Waals surface area contributed by atoms with Crippen molar-refractivity contribution in [1.29, 1.82) is 0 Å². The Morgan fingerprint density at radius 2 is 2.32 bits per heavy atom. The Kier molecular flexibility index (Phi) is 4.22. The second kappa shape index (κ2) is 6.14. The van der Waals surface area contributed by atoms with Crippen LogP contribution in [-0.4, -0.2) is 45.1 Å². The van der Waals surface area contributed by atoms with Crippen molar-refractivity contribution in [1.82, 2.24) is 14.9 Å². The Morgan fingerprint density at radius 1 is 1.50 bits per heavy atom. The number of carbonyl (C=O) groups excluding carboxylic acids is 1. The second-order valence-corrected chi connectivity index (χ2v) is 6.69. The molecule has 3 rings (SSSR count). The molecule has 0 spiro atoms. The maximum atomic E-state index is 12.7. The van der Waals surface area contributed by atoms with Crippen molar-refractivity contribution in [2.75, 3.05) is 13.1 Å². The number of hydrogen-bond donors (Lipinski definition) is 1. The first kappa shape index (κ1) is 15.1. The van der Waals surface area contributed by atoms with E-state index in [4.69, 9.17) is 0 Å². The van der Waals surface area contributed by atoms with E-state index in [-0.39, 0.29) is 17.9 Å². The van der Waals surface area contributed by atoms with E-state index in [1.165, 1.54) is 11.3 Å². The van der Waals surface area contributed by atoms with E-state index in [9.17, 15) is 9.90 Å². The molecule has 116 valence electrons. The maximum absolute atomic E-state index is 12.7. The van der Waals surface area contributed by atoms with Gasteiger partial charge in [0.25, 0.3) is 5.91 Å². The fourth-order valence-corrected chi connectivity index (χ4v) is 3.71. The quantitative estimate of drug-likeness (QED) is 0.944. The summed E-state index contributed by atoms with van der Waals surface area (Å²) in [5.74, 6) is 0.188. The van der Waals surface area contributed by atoms with Crippen LogP contribution in [0.25, 0.3) is 10.7 Å². The SMILES string of the molecule is Cc1nc(-c2ccccn2)sc1C(=O)N1CCC(C(C)O)C1. The molecule has 0 aliphatic carbocycles. The molecule has 0 aromatic carbocycles. The summed E-state index contributed by atoms with van der Waals surface area (Å²) < 4.78 is 0. The van der Waals surface area contributed by atoms with Crippen molar-refractivity contribution in [3.8, 4) is 10.7 Å². The van der Waals surface area contributed by atoms with Crippen LogP contribution in [0.5, 0.6) is 0 Å². The van der Waals surface area contributed by atoms with Crippen molar-refractivity contribution in [2.24, 2.45) is 5.92 Å². The first-order valence-corrected chi connectivity index (χ1v) is 8.24. The van der Waals surface area contributed by atoms with Crippen LogP contribution in [0.3, 0.4) is 0 Å². The lowest BCUT2D eigenvalue weighted by molar-refractivity contribution is 0.0766. The molecule has 1 aliphatic heterocycles. The lowest BCUT2D eigenvalue weighted by Gasteiger charge is -2.17. The van der Waals surface area contributed by atoms with Gasteiger partial charge in [0.15, 0.2) is 0 Å². The van der Waals surface area contributed by atoms with Crippen LogP contribution in [0.15, 0.2) is 24.4 Å². The normalized spacial score (nSPS) is 19.4. The Hall–Kier alpha value is -1.79. The summed E-state index contributed by atoms with van der Waals surface area (Å²) in [6.07, 6.45) is 2.21. The second-order valence-electron chi connectivity index (χ2n) is 5.69. The third kappa shape index (κ3) is 2.89. The number of amides is 1. The molecule has 1 amide bonds. The summed E-state index contributed by atoms with van der Waals surface area (Å²) in [4.78, 5) is 23.9. The number of aliphatic hydroxyl groups is 1. The van der Waals surface area contributed by atoms with Gasteiger partial charge in [0.1, 0.15) is 9.88 Å². The van der Waals surface area contributed by atoms with Crippen LogP contribution >= 0.6 is 11.3 Å². The van der Waals surface area contributed by atoms with E-state index < -0.39 is 0 Å². The molecule has 2 atom stereocenters. The topological polar surface area (TPSA) is 66.3 Å². The Labute approximate surface area is 133 Å². The number of aryl methyl sites for hydroxylation is 1. The molecule has 2 aromatic rings. The molecular formula is C16H19N3O2S. The summed E-state index contributed by atoms with van der Waals surface area (Å²) in [7, 11) is 0. The summed E-state index contributed by atoms with van der Waals surface area (Å²) in [5.41, 5.74) is 1.54. The zero-order valence-corrected chi connectivity index (χ0v) is 13.5. The molecule has 6 heteroatoms. The highest BCUT2D eigenvalue weighted by Gasteiger charge is 2.31. The van der Waals surface area contributed by atoms with Gasteiger partial charge in [-0.15, -0.1) is 11.3 Å². The monoisotopic (exact) mass is 317 g/mol. The number of pyridine rings is 1. The molecule has 2 unspecified atom stereocenters. The number of hydrogen-bond acceptors (Lipinski definition) is 5. The van der Waals surface area contributed by atoms with E-state index in [0.29, 0.717) is 18.0 Å². The van der Waals surface area contributed by atoms with Crippen molar-refractivity contribution in [3.05, 3.63) is 35.0 Å². The lowest BCUT2D eigenvalue weighted by Crippen LogP contribution is -2.30. The van der Waals surface area contributed by atoms with Gasteiger partial charge in [-0.1, -0.05) is 6.07 Å². The van der Waals surface area contributed by atoms with Crippen molar-refractivity contribution >= 4 is 17.2 Å². The first-order chi connectivity index (χ1) is 10.6. The molecular weight excluding hydrogens is 298 g/mol.